The van der Waals surface area contributed by atoms with Gasteiger partial charge in [0, 0.05) is 18.0 Å². The number of H-pyrrole nitrogens is 1. The highest BCUT2D eigenvalue weighted by atomic mass is 32.2. The fraction of sp³-hybridized carbons (Fsp3) is 0.500. The van der Waals surface area contributed by atoms with E-state index in [1.165, 1.54) is 9.44 Å². The van der Waals surface area contributed by atoms with Crippen molar-refractivity contribution in [2.24, 2.45) is 5.92 Å². The lowest BCUT2D eigenvalue weighted by Gasteiger charge is -2.17. The number of carbonyl (C=O) groups excluding carboxylic acids is 1. The van der Waals surface area contributed by atoms with Gasteiger partial charge >= 0.3 is 5.69 Å². The molecule has 3 heterocycles. The zero-order valence-electron chi connectivity index (χ0n) is 18.9. The number of nitrogens with zero attached hydrogens (tertiary/aromatic N) is 3. The van der Waals surface area contributed by atoms with Crippen molar-refractivity contribution in [3.8, 4) is 0 Å². The summed E-state index contributed by atoms with van der Waals surface area (Å²) in [6, 6.07) is 0. The number of hydrogen-bond donors (Lipinski definition) is 2. The zero-order chi connectivity index (χ0) is 23.9. The molecule has 0 saturated heterocycles. The lowest BCUT2D eigenvalue weighted by atomic mass is 9.89. The van der Waals surface area contributed by atoms with Gasteiger partial charge in [0.2, 0.25) is 0 Å². The number of fused-ring (bicyclic) bond motifs is 3. The number of thioether (sulfide) groups is 1. The van der Waals surface area contributed by atoms with Crippen molar-refractivity contribution in [1.82, 2.24) is 19.1 Å². The fourth-order valence-corrected chi connectivity index (χ4v) is 6.66. The topological polar surface area (TPSA) is 133 Å². The number of aromatic amines is 1. The molecule has 33 heavy (non-hydrogen) atoms. The lowest BCUT2D eigenvalue weighted by Crippen LogP contribution is -2.36. The molecule has 176 valence electrons. The maximum absolute atomic E-state index is 13.3. The molecule has 0 aromatic carbocycles. The Bertz CT molecular complexity index is 1420. The molecule has 9 nitrogen and oxygen atoms in total. The summed E-state index contributed by atoms with van der Waals surface area (Å²) in [5.74, 6) is -0.185. The Hall–Kier alpha value is -2.66. The Labute approximate surface area is 198 Å². The highest BCUT2D eigenvalue weighted by Gasteiger charge is 2.25. The molecule has 0 fully saturated rings. The summed E-state index contributed by atoms with van der Waals surface area (Å²) in [5, 5.41) is 1.14. The van der Waals surface area contributed by atoms with Gasteiger partial charge in [-0.15, -0.1) is 11.3 Å². The van der Waals surface area contributed by atoms with Gasteiger partial charge in [-0.05, 0) is 44.1 Å². The van der Waals surface area contributed by atoms with Gasteiger partial charge in [0.15, 0.2) is 10.9 Å². The van der Waals surface area contributed by atoms with Crippen LogP contribution in [0.15, 0.2) is 19.5 Å². The first-order chi connectivity index (χ1) is 15.8. The van der Waals surface area contributed by atoms with Crippen LogP contribution in [0.25, 0.3) is 10.2 Å². The highest BCUT2D eigenvalue weighted by Crippen LogP contribution is 2.36. The van der Waals surface area contributed by atoms with Crippen molar-refractivity contribution in [3.05, 3.63) is 47.2 Å². The number of hydrogen-bond acceptors (Lipinski definition) is 8. The van der Waals surface area contributed by atoms with Crippen molar-refractivity contribution in [1.29, 1.82) is 0 Å². The minimum atomic E-state index is -0.799. The second-order valence-electron chi connectivity index (χ2n) is 8.36. The smallest absolute Gasteiger partial charge is 0.329 e. The highest BCUT2D eigenvalue weighted by molar-refractivity contribution is 7.99. The van der Waals surface area contributed by atoms with Crippen LogP contribution in [0.5, 0.6) is 0 Å². The first-order valence-electron chi connectivity index (χ1n) is 11.1. The summed E-state index contributed by atoms with van der Waals surface area (Å²) < 4.78 is 2.78. The van der Waals surface area contributed by atoms with Crippen molar-refractivity contribution in [2.75, 3.05) is 11.5 Å². The summed E-state index contributed by atoms with van der Waals surface area (Å²) in [5.41, 5.74) is 5.38. The van der Waals surface area contributed by atoms with Crippen LogP contribution in [0.2, 0.25) is 0 Å². The minimum Gasteiger partial charge on any atom is -0.384 e. The van der Waals surface area contributed by atoms with Crippen LogP contribution in [-0.4, -0.2) is 30.6 Å². The largest absolute Gasteiger partial charge is 0.384 e. The van der Waals surface area contributed by atoms with Gasteiger partial charge in [0.05, 0.1) is 11.1 Å². The number of rotatable bonds is 7. The summed E-state index contributed by atoms with van der Waals surface area (Å²) in [7, 11) is 0. The molecule has 0 spiro atoms. The van der Waals surface area contributed by atoms with Crippen LogP contribution in [0.4, 0.5) is 5.82 Å². The molecule has 1 aliphatic carbocycles. The second-order valence-corrected chi connectivity index (χ2v) is 10.4. The molecule has 0 radical (unpaired) electrons. The lowest BCUT2D eigenvalue weighted by molar-refractivity contribution is 0.102. The van der Waals surface area contributed by atoms with E-state index in [0.29, 0.717) is 40.8 Å². The molecule has 0 bridgehead atoms. The van der Waals surface area contributed by atoms with E-state index < -0.39 is 17.0 Å². The Balaban J connectivity index is 1.69. The first-order valence-corrected chi connectivity index (χ1v) is 12.9. The van der Waals surface area contributed by atoms with Crippen LogP contribution in [-0.2, 0) is 25.9 Å². The van der Waals surface area contributed by atoms with Gasteiger partial charge in [-0.1, -0.05) is 25.6 Å². The van der Waals surface area contributed by atoms with Crippen molar-refractivity contribution < 1.29 is 4.79 Å². The van der Waals surface area contributed by atoms with E-state index in [0.717, 1.165) is 36.6 Å². The normalized spacial score (nSPS) is 15.7. The van der Waals surface area contributed by atoms with E-state index in [9.17, 15) is 19.2 Å². The van der Waals surface area contributed by atoms with Gasteiger partial charge in [-0.3, -0.25) is 28.5 Å². The molecule has 1 atom stereocenters. The van der Waals surface area contributed by atoms with Gasteiger partial charge in [-0.25, -0.2) is 9.78 Å². The Morgan fingerprint density at radius 1 is 1.27 bits per heavy atom. The molecule has 0 aliphatic heterocycles. The number of carbonyl (C=O) groups is 1. The third-order valence-corrected chi connectivity index (χ3v) is 8.12. The van der Waals surface area contributed by atoms with E-state index in [1.807, 2.05) is 13.8 Å². The van der Waals surface area contributed by atoms with Gasteiger partial charge < -0.3 is 5.73 Å². The Morgan fingerprint density at radius 3 is 2.73 bits per heavy atom. The average molecular weight is 490 g/mol. The molecule has 11 heteroatoms. The minimum absolute atomic E-state index is 0.0849. The number of Topliss-reactive ketones (excluding diaryl/α,β-unsaturated/α-hetero) is 1. The number of nitrogens with two attached hydrogens (primary N) is 1. The van der Waals surface area contributed by atoms with Crippen molar-refractivity contribution >= 4 is 44.9 Å². The van der Waals surface area contributed by atoms with E-state index in [1.54, 1.807) is 15.9 Å². The number of thiophene rings is 1. The van der Waals surface area contributed by atoms with Crippen LogP contribution in [0, 0.1) is 5.92 Å². The van der Waals surface area contributed by atoms with E-state index in [-0.39, 0.29) is 22.7 Å². The zero-order valence-corrected chi connectivity index (χ0v) is 20.5. The predicted octanol–water partition coefficient (Wildman–Crippen LogP) is 2.42. The predicted molar refractivity (Wildman–Crippen MR) is 132 cm³/mol. The number of ketones is 1. The summed E-state index contributed by atoms with van der Waals surface area (Å²) >= 11 is 2.66. The molecular formula is C22H27N5O4S2. The standard InChI is InChI=1S/C22H27N5O4S2/c1-4-8-27-17(23)16(18(29)24-21(27)31)13(28)10-32-22-25-19-15(20(30)26(22)5-2)12-7-6-11(3)9-14(12)33-19/h11H,4-10,23H2,1-3H3,(H,24,29,31). The first kappa shape index (κ1) is 23.5. The SMILES string of the molecule is CCCn1c(N)c(C(=O)CSc2nc3sc4c(c3c(=O)n2CC)CCC(C)C4)c(=O)[nH]c1=O. The number of aromatic nitrogens is 4. The summed E-state index contributed by atoms with van der Waals surface area (Å²) in [6.45, 7) is 6.66. The number of anilines is 1. The van der Waals surface area contributed by atoms with Crippen LogP contribution < -0.4 is 22.5 Å². The van der Waals surface area contributed by atoms with Crippen molar-refractivity contribution in [3.63, 3.8) is 0 Å². The molecule has 0 saturated carbocycles. The molecular weight excluding hydrogens is 462 g/mol. The van der Waals surface area contributed by atoms with E-state index in [4.69, 9.17) is 10.7 Å². The third-order valence-electron chi connectivity index (χ3n) is 5.99. The van der Waals surface area contributed by atoms with Gasteiger partial charge in [-0.2, -0.15) is 0 Å². The second kappa shape index (κ2) is 9.30. The Morgan fingerprint density at radius 2 is 2.03 bits per heavy atom. The number of nitrogens with one attached hydrogen (secondary N) is 1. The Kier molecular flexibility index (Phi) is 6.62. The van der Waals surface area contributed by atoms with Crippen LogP contribution in [0.3, 0.4) is 0 Å². The van der Waals surface area contributed by atoms with Gasteiger partial charge in [0.1, 0.15) is 16.2 Å². The molecule has 1 aliphatic rings. The number of aryl methyl sites for hydroxylation is 1. The average Bonchev–Trinajstić information content (AvgIpc) is 3.12. The molecule has 3 N–H and O–H groups in total. The van der Waals surface area contributed by atoms with Crippen LogP contribution >= 0.6 is 23.1 Å². The molecule has 1 unspecified atom stereocenters. The summed E-state index contributed by atoms with van der Waals surface area (Å²) in [4.78, 5) is 59.4. The van der Waals surface area contributed by atoms with Crippen LogP contribution in [0.1, 0.15) is 54.4 Å². The molecule has 3 aromatic rings. The fourth-order valence-electron chi connectivity index (χ4n) is 4.30. The third kappa shape index (κ3) is 4.19. The molecule has 4 rings (SSSR count). The van der Waals surface area contributed by atoms with Crippen molar-refractivity contribution in [2.45, 2.75) is 64.7 Å². The maximum Gasteiger partial charge on any atom is 0.329 e. The van der Waals surface area contributed by atoms with Gasteiger partial charge in [0.25, 0.3) is 11.1 Å². The van der Waals surface area contributed by atoms with E-state index >= 15 is 0 Å². The molecule has 0 amide bonds. The monoisotopic (exact) mass is 489 g/mol. The molecule has 3 aromatic heterocycles. The quantitative estimate of drug-likeness (QED) is 0.296. The maximum atomic E-state index is 13.3. The number of nitrogen functional groups attached to an aromatic ring is 1. The van der Waals surface area contributed by atoms with E-state index in [2.05, 4.69) is 11.9 Å². The summed E-state index contributed by atoms with van der Waals surface area (Å²) in [6.07, 6.45) is 3.52.